The van der Waals surface area contributed by atoms with Crippen LogP contribution in [0.25, 0.3) is 0 Å². The van der Waals surface area contributed by atoms with Gasteiger partial charge in [-0.25, -0.2) is 12.7 Å². The van der Waals surface area contributed by atoms with Crippen molar-refractivity contribution in [1.82, 2.24) is 14.9 Å². The zero-order valence-corrected chi connectivity index (χ0v) is 16.4. The molecule has 0 bridgehead atoms. The zero-order valence-electron chi connectivity index (χ0n) is 14.8. The molecule has 1 amide bonds. The maximum absolute atomic E-state index is 12.5. The number of amides is 1. The van der Waals surface area contributed by atoms with E-state index in [1.54, 1.807) is 4.31 Å². The van der Waals surface area contributed by atoms with Crippen molar-refractivity contribution in [3.63, 3.8) is 0 Å². The van der Waals surface area contributed by atoms with Gasteiger partial charge in [0.25, 0.3) is 0 Å². The van der Waals surface area contributed by atoms with Gasteiger partial charge in [0.05, 0.1) is 11.8 Å². The molecule has 2 saturated heterocycles. The molecule has 24 heavy (non-hydrogen) atoms. The third kappa shape index (κ3) is 6.17. The average Bonchev–Trinajstić information content (AvgIpc) is 3.07. The number of carbonyl (C=O) groups excluding carboxylic acids is 1. The fraction of sp³-hybridized carbons (Fsp3) is 0.938. The van der Waals surface area contributed by atoms with E-state index >= 15 is 0 Å². The Morgan fingerprint density at radius 1 is 1.33 bits per heavy atom. The molecule has 2 aliphatic rings. The number of carbonyl (C=O) groups is 1. The highest BCUT2D eigenvalue weighted by Gasteiger charge is 2.30. The third-order valence-corrected chi connectivity index (χ3v) is 7.12. The number of rotatable bonds is 7. The molecule has 2 aliphatic heterocycles. The molecule has 0 aromatic carbocycles. The van der Waals surface area contributed by atoms with Crippen LogP contribution in [0.5, 0.6) is 0 Å². The first-order valence-corrected chi connectivity index (χ1v) is 10.5. The smallest absolute Gasteiger partial charge is 0.237 e. The Kier molecular flexibility index (Phi) is 8.98. The topological polar surface area (TPSA) is 78.5 Å². The van der Waals surface area contributed by atoms with Gasteiger partial charge in [0.1, 0.15) is 0 Å². The second kappa shape index (κ2) is 9.94. The van der Waals surface area contributed by atoms with Crippen LogP contribution in [0.3, 0.4) is 0 Å². The van der Waals surface area contributed by atoms with Crippen molar-refractivity contribution in [1.29, 1.82) is 0 Å². The molecule has 0 spiro atoms. The molecule has 2 heterocycles. The van der Waals surface area contributed by atoms with Gasteiger partial charge in [0.15, 0.2) is 0 Å². The van der Waals surface area contributed by atoms with Crippen LogP contribution in [0.4, 0.5) is 0 Å². The van der Waals surface area contributed by atoms with Crippen molar-refractivity contribution in [3.05, 3.63) is 0 Å². The lowest BCUT2D eigenvalue weighted by Crippen LogP contribution is -2.47. The van der Waals surface area contributed by atoms with E-state index in [0.717, 1.165) is 38.6 Å². The van der Waals surface area contributed by atoms with Crippen molar-refractivity contribution in [2.24, 2.45) is 11.8 Å². The number of piperidine rings is 1. The molecule has 0 radical (unpaired) electrons. The van der Waals surface area contributed by atoms with Crippen LogP contribution in [0.2, 0.25) is 0 Å². The van der Waals surface area contributed by atoms with Crippen molar-refractivity contribution < 1.29 is 13.2 Å². The van der Waals surface area contributed by atoms with E-state index in [0.29, 0.717) is 19.6 Å². The molecule has 3 unspecified atom stereocenters. The largest absolute Gasteiger partial charge is 0.354 e. The van der Waals surface area contributed by atoms with E-state index in [9.17, 15) is 13.2 Å². The van der Waals surface area contributed by atoms with Crippen LogP contribution in [-0.2, 0) is 14.8 Å². The molecule has 0 aromatic heterocycles. The Labute approximate surface area is 152 Å². The minimum atomic E-state index is -3.17. The fourth-order valence-electron chi connectivity index (χ4n) is 3.31. The Balaban J connectivity index is 0.00000288. The van der Waals surface area contributed by atoms with Crippen molar-refractivity contribution >= 4 is 28.3 Å². The lowest BCUT2D eigenvalue weighted by Gasteiger charge is -2.32. The molecule has 0 aromatic rings. The van der Waals surface area contributed by atoms with Gasteiger partial charge in [-0.1, -0.05) is 20.3 Å². The predicted molar refractivity (Wildman–Crippen MR) is 98.8 cm³/mol. The van der Waals surface area contributed by atoms with Gasteiger partial charge in [0.2, 0.25) is 15.9 Å². The normalized spacial score (nSPS) is 26.6. The Morgan fingerprint density at radius 3 is 2.71 bits per heavy atom. The second-order valence-corrected chi connectivity index (χ2v) is 9.07. The average molecular weight is 382 g/mol. The summed E-state index contributed by atoms with van der Waals surface area (Å²) in [5, 5.41) is 6.18. The van der Waals surface area contributed by atoms with Crippen LogP contribution in [0.15, 0.2) is 0 Å². The summed E-state index contributed by atoms with van der Waals surface area (Å²) in [4.78, 5) is 12.0. The van der Waals surface area contributed by atoms with Gasteiger partial charge >= 0.3 is 0 Å². The summed E-state index contributed by atoms with van der Waals surface area (Å²) in [6, 6.07) is -0.0659. The van der Waals surface area contributed by atoms with Gasteiger partial charge in [0, 0.05) is 19.6 Å². The molecule has 0 saturated carbocycles. The summed E-state index contributed by atoms with van der Waals surface area (Å²) in [6.45, 7) is 6.64. The quantitative estimate of drug-likeness (QED) is 0.698. The Bertz CT molecular complexity index is 495. The van der Waals surface area contributed by atoms with E-state index in [-0.39, 0.29) is 41.9 Å². The molecule has 2 N–H and O–H groups in total. The highest BCUT2D eigenvalue weighted by Crippen LogP contribution is 2.21. The lowest BCUT2D eigenvalue weighted by atomic mass is 9.99. The number of hydrogen-bond donors (Lipinski definition) is 2. The minimum absolute atomic E-state index is 0. The molecule has 142 valence electrons. The molecular weight excluding hydrogens is 350 g/mol. The second-order valence-electron chi connectivity index (χ2n) is 7.05. The number of halogens is 1. The molecule has 2 fully saturated rings. The van der Waals surface area contributed by atoms with Crippen LogP contribution < -0.4 is 10.6 Å². The standard InChI is InChI=1S/C16H31N3O3S.ClH/c1-3-13(2)12-23(21,22)19-9-5-6-14(11-19)10-18-16(20)15-7-4-8-17-15;/h13-15,17H,3-12H2,1-2H3,(H,18,20);1H. The minimum Gasteiger partial charge on any atom is -0.354 e. The fourth-order valence-corrected chi connectivity index (χ4v) is 5.32. The van der Waals surface area contributed by atoms with Gasteiger partial charge in [-0.05, 0) is 44.1 Å². The molecule has 0 aliphatic carbocycles. The zero-order chi connectivity index (χ0) is 16.9. The highest BCUT2D eigenvalue weighted by molar-refractivity contribution is 7.89. The summed E-state index contributed by atoms with van der Waals surface area (Å²) < 4.78 is 26.6. The van der Waals surface area contributed by atoms with Crippen LogP contribution in [-0.4, -0.2) is 56.6 Å². The van der Waals surface area contributed by atoms with Crippen LogP contribution in [0.1, 0.15) is 46.0 Å². The van der Waals surface area contributed by atoms with E-state index in [1.807, 2.05) is 13.8 Å². The maximum atomic E-state index is 12.5. The summed E-state index contributed by atoms with van der Waals surface area (Å²) >= 11 is 0. The number of nitrogens with one attached hydrogen (secondary N) is 2. The molecule has 3 atom stereocenters. The summed E-state index contributed by atoms with van der Waals surface area (Å²) in [6.07, 6.45) is 4.67. The Morgan fingerprint density at radius 2 is 2.08 bits per heavy atom. The first-order chi connectivity index (χ1) is 10.9. The first-order valence-electron chi connectivity index (χ1n) is 8.91. The maximum Gasteiger partial charge on any atom is 0.237 e. The molecule has 8 heteroatoms. The van der Waals surface area contributed by atoms with Crippen molar-refractivity contribution in [2.75, 3.05) is 31.9 Å². The predicted octanol–water partition coefficient (Wildman–Crippen LogP) is 1.36. The van der Waals surface area contributed by atoms with Crippen LogP contribution in [0, 0.1) is 11.8 Å². The van der Waals surface area contributed by atoms with Crippen LogP contribution >= 0.6 is 12.4 Å². The van der Waals surface area contributed by atoms with Crippen molar-refractivity contribution in [2.45, 2.75) is 52.0 Å². The first kappa shape index (κ1) is 21.7. The van der Waals surface area contributed by atoms with E-state index < -0.39 is 10.0 Å². The molecule has 6 nitrogen and oxygen atoms in total. The molecular formula is C16H32ClN3O3S. The number of sulfonamides is 1. The van der Waals surface area contributed by atoms with Gasteiger partial charge < -0.3 is 10.6 Å². The van der Waals surface area contributed by atoms with Crippen molar-refractivity contribution in [3.8, 4) is 0 Å². The van der Waals surface area contributed by atoms with Gasteiger partial charge in [-0.2, -0.15) is 0 Å². The lowest BCUT2D eigenvalue weighted by molar-refractivity contribution is -0.123. The Hall–Kier alpha value is -0.370. The van der Waals surface area contributed by atoms with Gasteiger partial charge in [-0.15, -0.1) is 12.4 Å². The number of hydrogen-bond acceptors (Lipinski definition) is 4. The van der Waals surface area contributed by atoms with E-state index in [2.05, 4.69) is 10.6 Å². The number of nitrogens with zero attached hydrogens (tertiary/aromatic N) is 1. The SMILES string of the molecule is CCC(C)CS(=O)(=O)N1CCCC(CNC(=O)C2CCCN2)C1.Cl. The third-order valence-electron chi connectivity index (χ3n) is 5.01. The summed E-state index contributed by atoms with van der Waals surface area (Å²) in [7, 11) is -3.17. The summed E-state index contributed by atoms with van der Waals surface area (Å²) in [5.74, 6) is 0.700. The van der Waals surface area contributed by atoms with E-state index in [1.165, 1.54) is 0 Å². The molecule has 2 rings (SSSR count). The monoisotopic (exact) mass is 381 g/mol. The van der Waals surface area contributed by atoms with Gasteiger partial charge in [-0.3, -0.25) is 4.79 Å². The van der Waals surface area contributed by atoms with E-state index in [4.69, 9.17) is 0 Å². The summed E-state index contributed by atoms with van der Waals surface area (Å²) in [5.41, 5.74) is 0. The highest BCUT2D eigenvalue weighted by atomic mass is 35.5.